The summed E-state index contributed by atoms with van der Waals surface area (Å²) in [7, 11) is 3.15. The molecule has 0 saturated carbocycles. The molecular formula is C27H26O5. The molecule has 0 aliphatic carbocycles. The van der Waals surface area contributed by atoms with Crippen molar-refractivity contribution >= 4 is 11.0 Å². The number of hydrogen-bond donors (Lipinski definition) is 0. The Morgan fingerprint density at radius 2 is 1.62 bits per heavy atom. The Balaban J connectivity index is 1.84. The second-order valence-electron chi connectivity index (χ2n) is 7.70. The van der Waals surface area contributed by atoms with E-state index in [9.17, 15) is 4.79 Å². The van der Waals surface area contributed by atoms with E-state index in [2.05, 4.69) is 0 Å². The van der Waals surface area contributed by atoms with Gasteiger partial charge in [-0.3, -0.25) is 4.79 Å². The van der Waals surface area contributed by atoms with E-state index in [1.165, 1.54) is 0 Å². The highest BCUT2D eigenvalue weighted by Gasteiger charge is 2.20. The molecule has 1 heterocycles. The van der Waals surface area contributed by atoms with E-state index >= 15 is 0 Å². The van der Waals surface area contributed by atoms with Crippen LogP contribution in [0, 0.1) is 13.8 Å². The quantitative estimate of drug-likeness (QED) is 0.376. The zero-order chi connectivity index (χ0) is 22.7. The molecule has 4 rings (SSSR count). The molecule has 0 unspecified atom stereocenters. The maximum atomic E-state index is 13.5. The summed E-state index contributed by atoms with van der Waals surface area (Å²) in [5.74, 6) is 1.72. The average molecular weight is 431 g/mol. The van der Waals surface area contributed by atoms with E-state index in [1.54, 1.807) is 26.4 Å². The van der Waals surface area contributed by atoms with Gasteiger partial charge in [0.05, 0.1) is 26.2 Å². The van der Waals surface area contributed by atoms with Gasteiger partial charge in [0.2, 0.25) is 11.2 Å². The minimum Gasteiger partial charge on any atom is -0.493 e. The second kappa shape index (κ2) is 9.18. The third-order valence-electron chi connectivity index (χ3n) is 5.42. The first-order chi connectivity index (χ1) is 15.5. The topological polar surface area (TPSA) is 57.9 Å². The molecule has 164 valence electrons. The first-order valence-electron chi connectivity index (χ1n) is 10.5. The fourth-order valence-corrected chi connectivity index (χ4v) is 3.89. The Morgan fingerprint density at radius 1 is 0.875 bits per heavy atom. The normalized spacial score (nSPS) is 10.9. The summed E-state index contributed by atoms with van der Waals surface area (Å²) in [6, 6.07) is 19.3. The van der Waals surface area contributed by atoms with Crippen molar-refractivity contribution in [3.05, 3.63) is 87.6 Å². The largest absolute Gasteiger partial charge is 0.493 e. The lowest BCUT2D eigenvalue weighted by Gasteiger charge is -2.14. The van der Waals surface area contributed by atoms with Crippen molar-refractivity contribution in [1.82, 2.24) is 0 Å². The van der Waals surface area contributed by atoms with Crippen molar-refractivity contribution in [3.63, 3.8) is 0 Å². The van der Waals surface area contributed by atoms with Crippen LogP contribution in [0.15, 0.2) is 69.9 Å². The average Bonchev–Trinajstić information content (AvgIpc) is 2.80. The maximum absolute atomic E-state index is 13.5. The van der Waals surface area contributed by atoms with Crippen molar-refractivity contribution in [2.75, 3.05) is 20.8 Å². The Hall–Kier alpha value is -3.73. The molecule has 1 aromatic heterocycles. The van der Waals surface area contributed by atoms with Crippen molar-refractivity contribution in [3.8, 4) is 28.6 Å². The van der Waals surface area contributed by atoms with Crippen molar-refractivity contribution < 1.29 is 18.6 Å². The van der Waals surface area contributed by atoms with Crippen LogP contribution < -0.4 is 19.6 Å². The zero-order valence-electron chi connectivity index (χ0n) is 18.7. The minimum absolute atomic E-state index is 0.179. The van der Waals surface area contributed by atoms with E-state index in [1.807, 2.05) is 62.4 Å². The van der Waals surface area contributed by atoms with Gasteiger partial charge in [0.25, 0.3) is 0 Å². The lowest BCUT2D eigenvalue weighted by Crippen LogP contribution is -2.13. The van der Waals surface area contributed by atoms with Gasteiger partial charge in [0.15, 0.2) is 17.3 Å². The lowest BCUT2D eigenvalue weighted by atomic mass is 10.0. The highest BCUT2D eigenvalue weighted by atomic mass is 16.5. The molecule has 0 aliphatic rings. The van der Waals surface area contributed by atoms with Gasteiger partial charge in [-0.15, -0.1) is 0 Å². The molecule has 0 spiro atoms. The summed E-state index contributed by atoms with van der Waals surface area (Å²) in [4.78, 5) is 13.5. The molecule has 4 aromatic rings. The zero-order valence-corrected chi connectivity index (χ0v) is 18.7. The van der Waals surface area contributed by atoms with Crippen LogP contribution in [-0.2, 0) is 6.42 Å². The van der Waals surface area contributed by atoms with Crippen LogP contribution in [0.1, 0.15) is 16.7 Å². The van der Waals surface area contributed by atoms with Gasteiger partial charge in [-0.1, -0.05) is 36.4 Å². The number of aryl methyl sites for hydroxylation is 2. The van der Waals surface area contributed by atoms with Gasteiger partial charge < -0.3 is 18.6 Å². The number of fused-ring (bicyclic) bond motifs is 1. The van der Waals surface area contributed by atoms with Gasteiger partial charge in [0, 0.05) is 12.0 Å². The summed E-state index contributed by atoms with van der Waals surface area (Å²) in [6.45, 7) is 4.24. The molecule has 0 bridgehead atoms. The monoisotopic (exact) mass is 430 g/mol. The highest BCUT2D eigenvalue weighted by Crippen LogP contribution is 2.37. The van der Waals surface area contributed by atoms with Crippen LogP contribution in [0.25, 0.3) is 22.3 Å². The van der Waals surface area contributed by atoms with Crippen molar-refractivity contribution in [2.24, 2.45) is 0 Å². The second-order valence-corrected chi connectivity index (χ2v) is 7.70. The third-order valence-corrected chi connectivity index (χ3v) is 5.42. The van der Waals surface area contributed by atoms with E-state index in [4.69, 9.17) is 18.6 Å². The van der Waals surface area contributed by atoms with Crippen LogP contribution in [0.3, 0.4) is 0 Å². The predicted molar refractivity (Wildman–Crippen MR) is 126 cm³/mol. The predicted octanol–water partition coefficient (Wildman–Crippen LogP) is 5.72. The fraction of sp³-hybridized carbons (Fsp3) is 0.222. The highest BCUT2D eigenvalue weighted by molar-refractivity contribution is 5.85. The van der Waals surface area contributed by atoms with Gasteiger partial charge in [-0.2, -0.15) is 0 Å². The van der Waals surface area contributed by atoms with Gasteiger partial charge in [-0.25, -0.2) is 0 Å². The molecule has 0 amide bonds. The van der Waals surface area contributed by atoms with Gasteiger partial charge in [-0.05, 0) is 54.8 Å². The van der Waals surface area contributed by atoms with Gasteiger partial charge in [0.1, 0.15) is 5.58 Å². The summed E-state index contributed by atoms with van der Waals surface area (Å²) >= 11 is 0. The number of benzene rings is 3. The van der Waals surface area contributed by atoms with Crippen LogP contribution in [0.2, 0.25) is 0 Å². The Kier molecular flexibility index (Phi) is 6.17. The summed E-state index contributed by atoms with van der Waals surface area (Å²) in [6.07, 6.45) is 0.677. The van der Waals surface area contributed by atoms with E-state index in [0.29, 0.717) is 46.8 Å². The van der Waals surface area contributed by atoms with Crippen LogP contribution in [-0.4, -0.2) is 20.8 Å². The molecule has 3 aromatic carbocycles. The Morgan fingerprint density at radius 3 is 2.34 bits per heavy atom. The lowest BCUT2D eigenvalue weighted by molar-refractivity contribution is 0.313. The number of hydrogen-bond acceptors (Lipinski definition) is 5. The summed E-state index contributed by atoms with van der Waals surface area (Å²) in [5.41, 5.74) is 4.05. The molecule has 0 fully saturated rings. The first kappa shape index (κ1) is 21.5. The number of methoxy groups -OCH3 is 2. The first-order valence-corrected chi connectivity index (χ1v) is 10.5. The molecule has 0 radical (unpaired) electrons. The molecule has 5 heteroatoms. The third kappa shape index (κ3) is 4.19. The summed E-state index contributed by atoms with van der Waals surface area (Å²) in [5, 5.41) is 0.537. The molecular weight excluding hydrogens is 404 g/mol. The van der Waals surface area contributed by atoms with E-state index in [0.717, 1.165) is 16.7 Å². The van der Waals surface area contributed by atoms with Crippen LogP contribution in [0.4, 0.5) is 0 Å². The molecule has 0 atom stereocenters. The van der Waals surface area contributed by atoms with E-state index in [-0.39, 0.29) is 11.2 Å². The Bertz CT molecular complexity index is 1310. The maximum Gasteiger partial charge on any atom is 0.235 e. The Labute approximate surface area is 187 Å². The SMILES string of the molecule is COc1ccc(-c2oc3cc(C)cc(C)c3c(=O)c2OCCc2ccccc2)cc1OC. The van der Waals surface area contributed by atoms with Gasteiger partial charge >= 0.3 is 0 Å². The van der Waals surface area contributed by atoms with Crippen molar-refractivity contribution in [2.45, 2.75) is 20.3 Å². The standard InChI is InChI=1S/C27H26O5/c1-17-14-18(2)24-23(15-17)32-26(20-10-11-21(29-3)22(16-20)30-4)27(25(24)28)31-13-12-19-8-6-5-7-9-19/h5-11,14-16H,12-13H2,1-4H3. The number of ether oxygens (including phenoxy) is 3. The summed E-state index contributed by atoms with van der Waals surface area (Å²) < 4.78 is 23.1. The van der Waals surface area contributed by atoms with E-state index < -0.39 is 0 Å². The molecule has 0 saturated heterocycles. The van der Waals surface area contributed by atoms with Crippen LogP contribution in [0.5, 0.6) is 17.2 Å². The van der Waals surface area contributed by atoms with Crippen LogP contribution >= 0.6 is 0 Å². The molecule has 0 aliphatic heterocycles. The molecule has 5 nitrogen and oxygen atoms in total. The smallest absolute Gasteiger partial charge is 0.235 e. The fourth-order valence-electron chi connectivity index (χ4n) is 3.89. The molecule has 32 heavy (non-hydrogen) atoms. The molecule has 0 N–H and O–H groups in total. The minimum atomic E-state index is -0.179. The van der Waals surface area contributed by atoms with Crippen molar-refractivity contribution in [1.29, 1.82) is 0 Å². The number of rotatable bonds is 7.